The summed E-state index contributed by atoms with van der Waals surface area (Å²) in [7, 11) is -3.77. The highest BCUT2D eigenvalue weighted by Gasteiger charge is 2.32. The van der Waals surface area contributed by atoms with Gasteiger partial charge in [0.1, 0.15) is 0 Å². The summed E-state index contributed by atoms with van der Waals surface area (Å²) in [6.45, 7) is 1.81. The predicted octanol–water partition coefficient (Wildman–Crippen LogP) is 0.749. The summed E-state index contributed by atoms with van der Waals surface area (Å²) < 4.78 is 27.1. The normalized spacial score (nSPS) is 22.3. The summed E-state index contributed by atoms with van der Waals surface area (Å²) in [5, 5.41) is 18.2. The molecular formula is C13H17NO5S. The summed E-state index contributed by atoms with van der Waals surface area (Å²) in [6, 6.07) is 3.81. The highest BCUT2D eigenvalue weighted by atomic mass is 32.2. The minimum absolute atomic E-state index is 0.00119. The van der Waals surface area contributed by atoms with Gasteiger partial charge in [-0.3, -0.25) is 0 Å². The second-order valence-corrected chi connectivity index (χ2v) is 6.61. The van der Waals surface area contributed by atoms with Gasteiger partial charge in [-0.15, -0.1) is 0 Å². The molecule has 6 nitrogen and oxygen atoms in total. The average molecular weight is 299 g/mol. The number of hydrogen-bond donors (Lipinski definition) is 3. The van der Waals surface area contributed by atoms with E-state index in [0.29, 0.717) is 24.8 Å². The largest absolute Gasteiger partial charge is 0.478 e. The van der Waals surface area contributed by atoms with Crippen molar-refractivity contribution in [3.63, 3.8) is 0 Å². The Kier molecular flexibility index (Phi) is 4.12. The van der Waals surface area contributed by atoms with Crippen LogP contribution in [0.4, 0.5) is 0 Å². The van der Waals surface area contributed by atoms with E-state index in [1.54, 1.807) is 0 Å². The van der Waals surface area contributed by atoms with Crippen molar-refractivity contribution in [1.29, 1.82) is 0 Å². The summed E-state index contributed by atoms with van der Waals surface area (Å²) >= 11 is 0. The third kappa shape index (κ3) is 3.00. The molecule has 0 unspecified atom stereocenters. The van der Waals surface area contributed by atoms with Crippen LogP contribution in [-0.4, -0.2) is 36.7 Å². The molecule has 1 aliphatic rings. The van der Waals surface area contributed by atoms with Gasteiger partial charge in [-0.1, -0.05) is 13.0 Å². The highest BCUT2D eigenvalue weighted by Crippen LogP contribution is 2.24. The monoisotopic (exact) mass is 299 g/mol. The van der Waals surface area contributed by atoms with Gasteiger partial charge in [0.25, 0.3) is 0 Å². The van der Waals surface area contributed by atoms with Crippen LogP contribution < -0.4 is 4.72 Å². The summed E-state index contributed by atoms with van der Waals surface area (Å²) in [5.74, 6) is -1.16. The quantitative estimate of drug-likeness (QED) is 0.744. The molecule has 0 aliphatic heterocycles. The molecule has 1 aromatic carbocycles. The lowest BCUT2D eigenvalue weighted by Gasteiger charge is -2.31. The topological polar surface area (TPSA) is 104 Å². The number of sulfonamides is 1. The van der Waals surface area contributed by atoms with Gasteiger partial charge in [0.15, 0.2) is 0 Å². The molecule has 2 rings (SSSR count). The van der Waals surface area contributed by atoms with E-state index < -0.39 is 22.1 Å². The maximum absolute atomic E-state index is 12.3. The number of carbonyl (C=O) groups is 1. The van der Waals surface area contributed by atoms with Gasteiger partial charge in [-0.05, 0) is 37.0 Å². The Morgan fingerprint density at radius 2 is 2.05 bits per heavy atom. The van der Waals surface area contributed by atoms with Gasteiger partial charge in [-0.2, -0.15) is 0 Å². The number of nitrogens with one attached hydrogen (secondary N) is 1. The first-order chi connectivity index (χ1) is 9.33. The number of carboxylic acid groups (broad SMARTS) is 1. The fourth-order valence-electron chi connectivity index (χ4n) is 2.20. The van der Waals surface area contributed by atoms with Crippen molar-refractivity contribution in [2.24, 2.45) is 0 Å². The molecule has 0 heterocycles. The molecule has 1 saturated carbocycles. The minimum Gasteiger partial charge on any atom is -0.478 e. The van der Waals surface area contributed by atoms with E-state index in [9.17, 15) is 18.3 Å². The number of rotatable bonds is 5. The first-order valence-corrected chi connectivity index (χ1v) is 7.88. The van der Waals surface area contributed by atoms with Crippen LogP contribution in [-0.2, 0) is 16.4 Å². The van der Waals surface area contributed by atoms with E-state index in [1.165, 1.54) is 18.2 Å². The highest BCUT2D eigenvalue weighted by molar-refractivity contribution is 7.89. The average Bonchev–Trinajstić information content (AvgIpc) is 2.35. The molecule has 0 saturated heterocycles. The first-order valence-electron chi connectivity index (χ1n) is 6.40. The molecule has 3 N–H and O–H groups in total. The molecule has 1 aromatic rings. The molecule has 0 radical (unpaired) electrons. The van der Waals surface area contributed by atoms with E-state index in [1.807, 2.05) is 6.92 Å². The summed E-state index contributed by atoms with van der Waals surface area (Å²) in [5.41, 5.74) is 0.513. The van der Waals surface area contributed by atoms with E-state index >= 15 is 0 Å². The van der Waals surface area contributed by atoms with Crippen molar-refractivity contribution in [1.82, 2.24) is 4.72 Å². The molecule has 7 heteroatoms. The molecule has 0 amide bonds. The van der Waals surface area contributed by atoms with Crippen molar-refractivity contribution >= 4 is 16.0 Å². The Morgan fingerprint density at radius 3 is 2.55 bits per heavy atom. The van der Waals surface area contributed by atoms with Crippen LogP contribution in [0.1, 0.15) is 35.7 Å². The van der Waals surface area contributed by atoms with E-state index in [-0.39, 0.29) is 16.5 Å². The first kappa shape index (κ1) is 15.0. The van der Waals surface area contributed by atoms with Crippen molar-refractivity contribution in [3.8, 4) is 0 Å². The van der Waals surface area contributed by atoms with Gasteiger partial charge >= 0.3 is 5.97 Å². The number of aliphatic hydroxyl groups is 1. The van der Waals surface area contributed by atoms with Gasteiger partial charge in [0.05, 0.1) is 16.6 Å². The smallest absolute Gasteiger partial charge is 0.335 e. The zero-order valence-electron chi connectivity index (χ0n) is 11.0. The molecule has 0 atom stereocenters. The molecule has 20 heavy (non-hydrogen) atoms. The maximum atomic E-state index is 12.3. The number of aliphatic hydroxyl groups excluding tert-OH is 1. The third-order valence-corrected chi connectivity index (χ3v) is 5.02. The number of aryl methyl sites for hydroxylation is 1. The number of benzene rings is 1. The molecular weight excluding hydrogens is 282 g/mol. The van der Waals surface area contributed by atoms with Crippen molar-refractivity contribution in [2.75, 3.05) is 0 Å². The van der Waals surface area contributed by atoms with Crippen molar-refractivity contribution in [3.05, 3.63) is 29.3 Å². The molecule has 0 aromatic heterocycles. The fourth-order valence-corrected chi connectivity index (χ4v) is 3.79. The van der Waals surface area contributed by atoms with Crippen LogP contribution in [0.3, 0.4) is 0 Å². The van der Waals surface area contributed by atoms with Crippen LogP contribution in [0.25, 0.3) is 0 Å². The van der Waals surface area contributed by atoms with Crippen molar-refractivity contribution < 1.29 is 23.4 Å². The van der Waals surface area contributed by atoms with Gasteiger partial charge < -0.3 is 10.2 Å². The third-order valence-electron chi connectivity index (χ3n) is 3.42. The summed E-state index contributed by atoms with van der Waals surface area (Å²) in [4.78, 5) is 11.0. The van der Waals surface area contributed by atoms with Crippen LogP contribution in [0.15, 0.2) is 23.1 Å². The number of carboxylic acids is 1. The Balaban J connectivity index is 2.33. The lowest BCUT2D eigenvalue weighted by atomic mass is 9.91. The molecule has 1 aliphatic carbocycles. The maximum Gasteiger partial charge on any atom is 0.335 e. The van der Waals surface area contributed by atoms with Gasteiger partial charge in [0, 0.05) is 6.04 Å². The molecule has 0 bridgehead atoms. The van der Waals surface area contributed by atoms with E-state index in [2.05, 4.69) is 4.72 Å². The lowest BCUT2D eigenvalue weighted by Crippen LogP contribution is -2.46. The Labute approximate surface area is 117 Å². The van der Waals surface area contributed by atoms with Gasteiger partial charge in [-0.25, -0.2) is 17.9 Å². The Bertz CT molecular complexity index is 620. The molecule has 1 fully saturated rings. The second kappa shape index (κ2) is 5.51. The Hall–Kier alpha value is -1.44. The predicted molar refractivity (Wildman–Crippen MR) is 72.1 cm³/mol. The Morgan fingerprint density at radius 1 is 1.40 bits per heavy atom. The van der Waals surface area contributed by atoms with Crippen LogP contribution >= 0.6 is 0 Å². The molecule has 0 spiro atoms. The van der Waals surface area contributed by atoms with E-state index in [4.69, 9.17) is 5.11 Å². The van der Waals surface area contributed by atoms with Crippen LogP contribution in [0, 0.1) is 0 Å². The van der Waals surface area contributed by atoms with Crippen molar-refractivity contribution in [2.45, 2.75) is 43.2 Å². The van der Waals surface area contributed by atoms with E-state index in [0.717, 1.165) is 0 Å². The number of hydrogen-bond acceptors (Lipinski definition) is 4. The van der Waals surface area contributed by atoms with Crippen LogP contribution in [0.5, 0.6) is 0 Å². The zero-order valence-corrected chi connectivity index (χ0v) is 11.9. The SMILES string of the molecule is CCc1ccc(C(=O)O)cc1S(=O)(=O)NC1CC(O)C1. The zero-order chi connectivity index (χ0) is 14.9. The fraction of sp³-hybridized carbons (Fsp3) is 0.462. The number of aromatic carboxylic acids is 1. The van der Waals surface area contributed by atoms with Crippen LogP contribution in [0.2, 0.25) is 0 Å². The van der Waals surface area contributed by atoms with Gasteiger partial charge in [0.2, 0.25) is 10.0 Å². The lowest BCUT2D eigenvalue weighted by molar-refractivity contribution is 0.0695. The summed E-state index contributed by atoms with van der Waals surface area (Å²) in [6.07, 6.45) is 0.806. The molecule has 110 valence electrons. The standard InChI is InChI=1S/C13H17NO5S/c1-2-8-3-4-9(13(16)17)5-12(8)20(18,19)14-10-6-11(15)7-10/h3-5,10-11,14-15H,2,6-7H2,1H3,(H,16,17). The second-order valence-electron chi connectivity index (χ2n) is 4.92. The minimum atomic E-state index is -3.77.